The molecule has 0 N–H and O–H groups in total. The van der Waals surface area contributed by atoms with Crippen molar-refractivity contribution in [3.8, 4) is 0 Å². The summed E-state index contributed by atoms with van der Waals surface area (Å²) in [7, 11) is 0. The number of carbonyl (C=O) groups is 1. The van der Waals surface area contributed by atoms with Crippen LogP contribution >= 0.6 is 0 Å². The van der Waals surface area contributed by atoms with Gasteiger partial charge in [0.1, 0.15) is 5.60 Å². The minimum absolute atomic E-state index is 0.0825. The molecule has 2 rings (SSSR count). The summed E-state index contributed by atoms with van der Waals surface area (Å²) in [5.41, 5.74) is -0.130. The molecule has 0 heterocycles. The molecular weight excluding hydrogens is 188 g/mol. The van der Waals surface area contributed by atoms with E-state index in [0.29, 0.717) is 0 Å². The molecule has 2 heteroatoms. The average molecular weight is 210 g/mol. The summed E-state index contributed by atoms with van der Waals surface area (Å²) in [6, 6.07) is 0. The van der Waals surface area contributed by atoms with Gasteiger partial charge in [-0.25, -0.2) is 0 Å². The van der Waals surface area contributed by atoms with Crippen LogP contribution in [0.5, 0.6) is 0 Å². The number of hydrogen-bond donors (Lipinski definition) is 0. The highest BCUT2D eigenvalue weighted by molar-refractivity contribution is 5.73. The van der Waals surface area contributed by atoms with E-state index in [9.17, 15) is 4.79 Å². The van der Waals surface area contributed by atoms with Crippen LogP contribution in [0, 0.1) is 5.92 Å². The topological polar surface area (TPSA) is 26.3 Å². The zero-order valence-corrected chi connectivity index (χ0v) is 9.76. The Morgan fingerprint density at radius 3 is 2.27 bits per heavy atom. The van der Waals surface area contributed by atoms with E-state index in [1.165, 1.54) is 32.1 Å². The van der Waals surface area contributed by atoms with E-state index in [-0.39, 0.29) is 17.5 Å². The first-order valence-corrected chi connectivity index (χ1v) is 6.42. The van der Waals surface area contributed by atoms with Crippen LogP contribution in [-0.2, 0) is 9.53 Å². The molecule has 2 aliphatic carbocycles. The number of esters is 1. The van der Waals surface area contributed by atoms with Gasteiger partial charge in [0, 0.05) is 0 Å². The second-order valence-corrected chi connectivity index (χ2v) is 5.41. The molecule has 0 unspecified atom stereocenters. The van der Waals surface area contributed by atoms with Crippen LogP contribution in [0.2, 0.25) is 0 Å². The highest BCUT2D eigenvalue weighted by Gasteiger charge is 2.35. The Kier molecular flexibility index (Phi) is 3.32. The van der Waals surface area contributed by atoms with Crippen molar-refractivity contribution in [2.75, 3.05) is 0 Å². The van der Waals surface area contributed by atoms with Gasteiger partial charge < -0.3 is 4.74 Å². The molecule has 0 amide bonds. The zero-order valence-electron chi connectivity index (χ0n) is 9.76. The minimum atomic E-state index is -0.130. The lowest BCUT2D eigenvalue weighted by Gasteiger charge is -2.28. The lowest BCUT2D eigenvalue weighted by atomic mass is 9.89. The van der Waals surface area contributed by atoms with Crippen LogP contribution in [-0.4, -0.2) is 11.6 Å². The van der Waals surface area contributed by atoms with Gasteiger partial charge in [0.25, 0.3) is 0 Å². The first-order valence-electron chi connectivity index (χ1n) is 6.42. The minimum Gasteiger partial charge on any atom is -0.459 e. The van der Waals surface area contributed by atoms with Crippen molar-refractivity contribution in [2.24, 2.45) is 5.92 Å². The molecule has 0 spiro atoms. The number of ether oxygens (including phenoxy) is 1. The van der Waals surface area contributed by atoms with Gasteiger partial charge in [0.15, 0.2) is 0 Å². The molecule has 0 bridgehead atoms. The van der Waals surface area contributed by atoms with Crippen LogP contribution in [0.4, 0.5) is 0 Å². The lowest BCUT2D eigenvalue weighted by Crippen LogP contribution is -2.32. The normalized spacial score (nSPS) is 26.5. The fourth-order valence-corrected chi connectivity index (χ4v) is 2.89. The molecule has 0 aromatic rings. The van der Waals surface area contributed by atoms with Gasteiger partial charge in [-0.2, -0.15) is 0 Å². The maximum Gasteiger partial charge on any atom is 0.309 e. The Morgan fingerprint density at radius 2 is 1.67 bits per heavy atom. The summed E-state index contributed by atoms with van der Waals surface area (Å²) >= 11 is 0. The van der Waals surface area contributed by atoms with Gasteiger partial charge in [0.2, 0.25) is 0 Å². The summed E-state index contributed by atoms with van der Waals surface area (Å²) < 4.78 is 5.70. The van der Waals surface area contributed by atoms with Crippen LogP contribution in [0.1, 0.15) is 64.7 Å². The van der Waals surface area contributed by atoms with E-state index >= 15 is 0 Å². The van der Waals surface area contributed by atoms with Crippen LogP contribution in [0.15, 0.2) is 0 Å². The first-order chi connectivity index (χ1) is 7.20. The Balaban J connectivity index is 1.85. The molecule has 2 saturated carbocycles. The quantitative estimate of drug-likeness (QED) is 0.653. The predicted octanol–water partition coefficient (Wildman–Crippen LogP) is 3.44. The molecule has 0 atom stereocenters. The van der Waals surface area contributed by atoms with E-state index in [2.05, 4.69) is 6.92 Å². The van der Waals surface area contributed by atoms with E-state index in [1.807, 2.05) is 0 Å². The smallest absolute Gasteiger partial charge is 0.309 e. The Morgan fingerprint density at radius 1 is 1.07 bits per heavy atom. The second kappa shape index (κ2) is 4.54. The van der Waals surface area contributed by atoms with Gasteiger partial charge in [-0.1, -0.05) is 19.3 Å². The van der Waals surface area contributed by atoms with E-state index in [0.717, 1.165) is 25.7 Å². The number of carbonyl (C=O) groups excluding carboxylic acids is 1. The summed E-state index contributed by atoms with van der Waals surface area (Å²) in [6.45, 7) is 2.10. The molecule has 86 valence electrons. The van der Waals surface area contributed by atoms with Gasteiger partial charge in [-0.3, -0.25) is 4.79 Å². The van der Waals surface area contributed by atoms with Crippen LogP contribution < -0.4 is 0 Å². The first kappa shape index (κ1) is 11.0. The summed E-state index contributed by atoms with van der Waals surface area (Å²) in [5, 5.41) is 0. The van der Waals surface area contributed by atoms with Crippen LogP contribution in [0.3, 0.4) is 0 Å². The van der Waals surface area contributed by atoms with Crippen LogP contribution in [0.25, 0.3) is 0 Å². The summed E-state index contributed by atoms with van der Waals surface area (Å²) in [5.74, 6) is 0.287. The molecule has 0 radical (unpaired) electrons. The van der Waals surface area contributed by atoms with Crippen molar-refractivity contribution >= 4 is 5.97 Å². The summed E-state index contributed by atoms with van der Waals surface area (Å²) in [4.78, 5) is 11.9. The molecule has 2 nitrogen and oxygen atoms in total. The molecule has 0 aromatic carbocycles. The summed E-state index contributed by atoms with van der Waals surface area (Å²) in [6.07, 6.45) is 10.4. The molecule has 15 heavy (non-hydrogen) atoms. The number of hydrogen-bond acceptors (Lipinski definition) is 2. The molecule has 0 aromatic heterocycles. The van der Waals surface area contributed by atoms with Gasteiger partial charge in [-0.05, 0) is 45.4 Å². The van der Waals surface area contributed by atoms with Crippen molar-refractivity contribution in [3.63, 3.8) is 0 Å². The second-order valence-electron chi connectivity index (χ2n) is 5.41. The van der Waals surface area contributed by atoms with Crippen molar-refractivity contribution in [1.29, 1.82) is 0 Å². The van der Waals surface area contributed by atoms with E-state index in [1.54, 1.807) is 0 Å². The van der Waals surface area contributed by atoms with E-state index < -0.39 is 0 Å². The molecule has 0 saturated heterocycles. The SMILES string of the molecule is CC1(OC(=O)C2CCCCC2)CCCC1. The third-order valence-corrected chi connectivity index (χ3v) is 3.95. The largest absolute Gasteiger partial charge is 0.459 e. The number of rotatable bonds is 2. The fourth-order valence-electron chi connectivity index (χ4n) is 2.89. The fraction of sp³-hybridized carbons (Fsp3) is 0.923. The standard InChI is InChI=1S/C13H22O2/c1-13(9-5-6-10-13)15-12(14)11-7-3-2-4-8-11/h11H,2-10H2,1H3. The van der Waals surface area contributed by atoms with Gasteiger partial charge in [0.05, 0.1) is 5.92 Å². The van der Waals surface area contributed by atoms with Crippen molar-refractivity contribution in [1.82, 2.24) is 0 Å². The third-order valence-electron chi connectivity index (χ3n) is 3.95. The van der Waals surface area contributed by atoms with Crippen molar-refractivity contribution in [2.45, 2.75) is 70.3 Å². The Labute approximate surface area is 92.4 Å². The van der Waals surface area contributed by atoms with Crippen molar-refractivity contribution in [3.05, 3.63) is 0 Å². The highest BCUT2D eigenvalue weighted by atomic mass is 16.6. The molecule has 2 aliphatic rings. The maximum atomic E-state index is 11.9. The predicted molar refractivity (Wildman–Crippen MR) is 59.5 cm³/mol. The lowest BCUT2D eigenvalue weighted by molar-refractivity contribution is -0.163. The van der Waals surface area contributed by atoms with Gasteiger partial charge >= 0.3 is 5.97 Å². The monoisotopic (exact) mass is 210 g/mol. The van der Waals surface area contributed by atoms with Gasteiger partial charge in [-0.15, -0.1) is 0 Å². The van der Waals surface area contributed by atoms with Crippen molar-refractivity contribution < 1.29 is 9.53 Å². The molecule has 2 fully saturated rings. The Hall–Kier alpha value is -0.530. The molecule has 0 aliphatic heterocycles. The Bertz CT molecular complexity index is 223. The van der Waals surface area contributed by atoms with E-state index in [4.69, 9.17) is 4.74 Å². The highest BCUT2D eigenvalue weighted by Crippen LogP contribution is 2.35. The zero-order chi connectivity index (χ0) is 10.7. The molecular formula is C13H22O2. The maximum absolute atomic E-state index is 11.9. The third kappa shape index (κ3) is 2.73. The average Bonchev–Trinajstić information content (AvgIpc) is 2.66.